The van der Waals surface area contributed by atoms with Crippen molar-refractivity contribution in [2.24, 2.45) is 0 Å². The highest BCUT2D eigenvalue weighted by atomic mass is 32.1. The first-order valence-corrected chi connectivity index (χ1v) is 14.5. The van der Waals surface area contributed by atoms with Gasteiger partial charge in [-0.2, -0.15) is 17.5 Å². The van der Waals surface area contributed by atoms with Gasteiger partial charge in [-0.05, 0) is 54.4 Å². The number of imidazole rings is 1. The van der Waals surface area contributed by atoms with Crippen molar-refractivity contribution in [3.05, 3.63) is 100 Å². The molecule has 0 saturated carbocycles. The summed E-state index contributed by atoms with van der Waals surface area (Å²) in [6, 6.07) is 6.85. The van der Waals surface area contributed by atoms with Crippen LogP contribution >= 0.6 is 11.5 Å². The van der Waals surface area contributed by atoms with Crippen LogP contribution in [0.3, 0.4) is 0 Å². The molecule has 5 aromatic rings. The molecule has 11 nitrogen and oxygen atoms in total. The Kier molecular flexibility index (Phi) is 8.19. The van der Waals surface area contributed by atoms with Crippen LogP contribution in [0, 0.1) is 17.5 Å². The van der Waals surface area contributed by atoms with Gasteiger partial charge < -0.3 is 20.5 Å². The Morgan fingerprint density at radius 2 is 1.79 bits per heavy atom. The van der Waals surface area contributed by atoms with Gasteiger partial charge in [0.15, 0.2) is 5.82 Å². The smallest absolute Gasteiger partial charge is 0.345 e. The molecule has 0 aliphatic carbocycles. The molecule has 0 saturated heterocycles. The van der Waals surface area contributed by atoms with Crippen LogP contribution in [0.2, 0.25) is 0 Å². The third-order valence-corrected chi connectivity index (χ3v) is 8.04. The number of ketones is 1. The lowest BCUT2D eigenvalue weighted by molar-refractivity contribution is -0.141. The molecular weight excluding hydrogens is 668 g/mol. The second-order valence-electron chi connectivity index (χ2n) is 10.6. The van der Waals surface area contributed by atoms with Crippen molar-refractivity contribution >= 4 is 56.6 Å². The molecule has 6 rings (SSSR count). The lowest BCUT2D eigenvalue weighted by atomic mass is 9.96. The number of nitrogens with zero attached hydrogens (tertiary/aromatic N) is 4. The number of hydrogen-bond donors (Lipinski definition) is 3. The number of fused-ring (bicyclic) bond motifs is 2. The molecule has 3 aromatic heterocycles. The minimum atomic E-state index is -4.69. The van der Waals surface area contributed by atoms with E-state index in [4.69, 9.17) is 0 Å². The van der Waals surface area contributed by atoms with Crippen LogP contribution in [0.4, 0.5) is 37.8 Å². The Hall–Kier alpha value is -5.65. The highest BCUT2D eigenvalue weighted by molar-refractivity contribution is 7.13. The fourth-order valence-electron chi connectivity index (χ4n) is 5.17. The van der Waals surface area contributed by atoms with Crippen molar-refractivity contribution in [1.29, 1.82) is 0 Å². The molecule has 0 spiro atoms. The fraction of sp³-hybridized carbons (Fsp3) is 0.167. The molecule has 2 aromatic carbocycles. The number of amides is 3. The molecular formula is C30H19F6N7O4S. The quantitative estimate of drug-likeness (QED) is 0.191. The van der Waals surface area contributed by atoms with Crippen LogP contribution in [-0.4, -0.2) is 42.4 Å². The van der Waals surface area contributed by atoms with E-state index in [1.54, 1.807) is 0 Å². The maximum atomic E-state index is 14.7. The molecule has 0 bridgehead atoms. The topological polar surface area (TPSA) is 148 Å². The molecule has 3 N–H and O–H groups in total. The normalized spacial score (nSPS) is 14.1. The number of pyridine rings is 1. The number of hydrogen-bond acceptors (Lipinski definition) is 8. The summed E-state index contributed by atoms with van der Waals surface area (Å²) in [6.45, 7) is 0.188. The summed E-state index contributed by atoms with van der Waals surface area (Å²) in [5, 5.41) is 7.32. The van der Waals surface area contributed by atoms with Gasteiger partial charge in [-0.1, -0.05) is 6.07 Å². The Morgan fingerprint density at radius 1 is 1.02 bits per heavy atom. The van der Waals surface area contributed by atoms with Gasteiger partial charge in [-0.15, -0.1) is 0 Å². The maximum absolute atomic E-state index is 14.7. The van der Waals surface area contributed by atoms with Gasteiger partial charge in [-0.3, -0.25) is 24.2 Å². The monoisotopic (exact) mass is 687 g/mol. The van der Waals surface area contributed by atoms with Crippen LogP contribution in [0.25, 0.3) is 10.1 Å². The molecule has 1 aliphatic heterocycles. The van der Waals surface area contributed by atoms with Crippen molar-refractivity contribution in [3.8, 4) is 0 Å². The number of rotatable bonds is 8. The third kappa shape index (κ3) is 6.08. The summed E-state index contributed by atoms with van der Waals surface area (Å²) >= 11 is 0.887. The maximum Gasteiger partial charge on any atom is 0.433 e. The van der Waals surface area contributed by atoms with Crippen molar-refractivity contribution in [1.82, 2.24) is 24.2 Å². The number of carbonyl (C=O) groups excluding carboxylic acids is 4. The van der Waals surface area contributed by atoms with Crippen LogP contribution < -0.4 is 16.0 Å². The number of halogens is 6. The predicted molar refractivity (Wildman–Crippen MR) is 158 cm³/mol. The Bertz CT molecular complexity index is 2150. The summed E-state index contributed by atoms with van der Waals surface area (Å²) in [5.41, 5.74) is -2.13. The van der Waals surface area contributed by atoms with Gasteiger partial charge >= 0.3 is 6.18 Å². The van der Waals surface area contributed by atoms with Crippen LogP contribution in [0.5, 0.6) is 0 Å². The van der Waals surface area contributed by atoms with Crippen LogP contribution in [-0.2, 0) is 28.9 Å². The van der Waals surface area contributed by atoms with E-state index in [0.29, 0.717) is 16.8 Å². The molecule has 1 unspecified atom stereocenters. The van der Waals surface area contributed by atoms with Gasteiger partial charge in [-0.25, -0.2) is 18.2 Å². The molecule has 18 heteroatoms. The number of nitrogens with one attached hydrogen (secondary N) is 3. The zero-order valence-electron chi connectivity index (χ0n) is 24.2. The second-order valence-corrected chi connectivity index (χ2v) is 11.4. The first-order valence-electron chi connectivity index (χ1n) is 13.8. The van der Waals surface area contributed by atoms with Crippen LogP contribution in [0.15, 0.2) is 48.7 Å². The molecule has 246 valence electrons. The van der Waals surface area contributed by atoms with E-state index in [1.165, 1.54) is 12.1 Å². The van der Waals surface area contributed by atoms with Crippen molar-refractivity contribution in [2.75, 3.05) is 10.6 Å². The summed E-state index contributed by atoms with van der Waals surface area (Å²) < 4.78 is 87.4. The van der Waals surface area contributed by atoms with Crippen LogP contribution in [0.1, 0.15) is 56.5 Å². The average molecular weight is 688 g/mol. The molecule has 48 heavy (non-hydrogen) atoms. The fourth-order valence-corrected chi connectivity index (χ4v) is 5.92. The first kappa shape index (κ1) is 32.3. The lowest BCUT2D eigenvalue weighted by Crippen LogP contribution is -2.29. The van der Waals surface area contributed by atoms with E-state index >= 15 is 0 Å². The highest BCUT2D eigenvalue weighted by Crippen LogP contribution is 2.42. The van der Waals surface area contributed by atoms with Crippen molar-refractivity contribution in [3.63, 3.8) is 0 Å². The molecule has 3 amide bonds. The number of carbonyl (C=O) groups is 4. The van der Waals surface area contributed by atoms with E-state index in [-0.39, 0.29) is 40.1 Å². The first-order chi connectivity index (χ1) is 22.7. The predicted octanol–water partition coefficient (Wildman–Crippen LogP) is 5.18. The van der Waals surface area contributed by atoms with E-state index in [9.17, 15) is 45.5 Å². The van der Waals surface area contributed by atoms with Crippen molar-refractivity contribution in [2.45, 2.75) is 32.1 Å². The number of anilines is 2. The van der Waals surface area contributed by atoms with E-state index < -0.39 is 76.9 Å². The minimum absolute atomic E-state index is 0.137. The van der Waals surface area contributed by atoms with E-state index in [2.05, 4.69) is 30.3 Å². The van der Waals surface area contributed by atoms with Gasteiger partial charge in [0, 0.05) is 29.8 Å². The SMILES string of the molecule is CC(=O)Cn1c(C(=O)NCc2ccc(C(F)(F)F)nc2)nc(NC(=O)c2nsc3ccc(F)cc23)c1C1C(=O)Nc2c(F)cc(F)cc21. The van der Waals surface area contributed by atoms with Gasteiger partial charge in [0.1, 0.15) is 40.5 Å². The van der Waals surface area contributed by atoms with Gasteiger partial charge in [0.05, 0.1) is 22.6 Å². The lowest BCUT2D eigenvalue weighted by Gasteiger charge is -2.16. The van der Waals surface area contributed by atoms with E-state index in [1.807, 2.05) is 0 Å². The summed E-state index contributed by atoms with van der Waals surface area (Å²) in [6.07, 6.45) is -3.79. The summed E-state index contributed by atoms with van der Waals surface area (Å²) in [4.78, 5) is 60.3. The summed E-state index contributed by atoms with van der Waals surface area (Å²) in [7, 11) is 0. The molecule has 1 aliphatic rings. The molecule has 1 atom stereocenters. The number of Topliss-reactive ketones (excluding diaryl/α,β-unsaturated/α-hetero) is 1. The Morgan fingerprint density at radius 3 is 2.48 bits per heavy atom. The third-order valence-electron chi connectivity index (χ3n) is 7.22. The zero-order valence-corrected chi connectivity index (χ0v) is 25.0. The van der Waals surface area contributed by atoms with Crippen molar-refractivity contribution < 1.29 is 45.5 Å². The average Bonchev–Trinajstić information content (AvgIpc) is 3.68. The number of aromatic nitrogens is 4. The number of benzene rings is 2. The molecule has 0 fully saturated rings. The largest absolute Gasteiger partial charge is 0.433 e. The zero-order chi connectivity index (χ0) is 34.5. The standard InChI is InChI=1S/C30H19F6N7O4S/c1-12(44)11-43-24(21-17-7-15(32)8-18(33)22(17)39-27(21)45)25(41-28(46)23-16-6-14(31)3-4-19(16)48-42-23)40-26(43)29(47)38-10-13-2-5-20(37-9-13)30(34,35)36/h2-9,21H,10-11H2,1H3,(H,38,47)(H,39,45)(H,41,46). The minimum Gasteiger partial charge on any atom is -0.345 e. The van der Waals surface area contributed by atoms with Gasteiger partial charge in [0.2, 0.25) is 11.7 Å². The molecule has 4 heterocycles. The Labute approximate surface area is 269 Å². The molecule has 0 radical (unpaired) electrons. The van der Waals surface area contributed by atoms with E-state index in [0.717, 1.165) is 47.4 Å². The highest BCUT2D eigenvalue weighted by Gasteiger charge is 2.41. The summed E-state index contributed by atoms with van der Waals surface area (Å²) in [5.74, 6) is -8.82. The Balaban J connectivity index is 1.44. The van der Waals surface area contributed by atoms with Gasteiger partial charge in [0.25, 0.3) is 11.8 Å². The number of alkyl halides is 3. The second kappa shape index (κ2) is 12.2.